The molecule has 5 rings (SSSR count). The number of hydrogen-bond acceptors (Lipinski definition) is 5. The normalized spacial score (nSPS) is 12.8. The van der Waals surface area contributed by atoms with Crippen LogP contribution in [0.25, 0.3) is 27.6 Å². The molecule has 0 fully saturated rings. The minimum atomic E-state index is -0.440. The van der Waals surface area contributed by atoms with Crippen LogP contribution in [-0.2, 0) is 0 Å². The van der Waals surface area contributed by atoms with Gasteiger partial charge < -0.3 is 10.3 Å². The first-order valence-corrected chi connectivity index (χ1v) is 9.74. The molecule has 7 nitrogen and oxygen atoms in total. The average molecular weight is 418 g/mol. The van der Waals surface area contributed by atoms with E-state index in [4.69, 9.17) is 13.0 Å². The lowest BCUT2D eigenvalue weighted by atomic mass is 10.1. The van der Waals surface area contributed by atoms with Crippen molar-refractivity contribution in [2.75, 3.05) is 5.32 Å². The molecule has 148 valence electrons. The van der Waals surface area contributed by atoms with E-state index in [0.717, 1.165) is 0 Å². The van der Waals surface area contributed by atoms with E-state index in [2.05, 4.69) is 25.3 Å². The number of hydrogen-bond donors (Lipinski definition) is 2. The van der Waals surface area contributed by atoms with Gasteiger partial charge in [-0.2, -0.15) is 0 Å². The predicted molar refractivity (Wildman–Crippen MR) is 118 cm³/mol. The van der Waals surface area contributed by atoms with Crippen molar-refractivity contribution >= 4 is 39.4 Å². The smallest absolute Gasteiger partial charge is 0.264 e. The van der Waals surface area contributed by atoms with Crippen LogP contribution in [0.5, 0.6) is 0 Å². The van der Waals surface area contributed by atoms with Gasteiger partial charge >= 0.3 is 0 Å². The van der Waals surface area contributed by atoms with Crippen molar-refractivity contribution in [2.45, 2.75) is 13.0 Å². The summed E-state index contributed by atoms with van der Waals surface area (Å²) in [5.74, 6) is 0.535. The number of anilines is 1. The second-order valence-corrected chi connectivity index (χ2v) is 7.25. The molecule has 0 aliphatic heterocycles. The molecule has 0 bridgehead atoms. The molecule has 5 aromatic rings. The van der Waals surface area contributed by atoms with Crippen molar-refractivity contribution in [1.82, 2.24) is 24.5 Å². The molecule has 30 heavy (non-hydrogen) atoms. The number of pyridine rings is 1. The quantitative estimate of drug-likeness (QED) is 0.450. The number of imidazole rings is 1. The third-order valence-corrected chi connectivity index (χ3v) is 5.25. The highest BCUT2D eigenvalue weighted by molar-refractivity contribution is 6.35. The first-order chi connectivity index (χ1) is 15.1. The van der Waals surface area contributed by atoms with Gasteiger partial charge in [-0.25, -0.2) is 15.0 Å². The van der Waals surface area contributed by atoms with Gasteiger partial charge in [0.1, 0.15) is 11.8 Å². The molecule has 3 aromatic heterocycles. The second-order valence-electron chi connectivity index (χ2n) is 6.84. The lowest BCUT2D eigenvalue weighted by Crippen LogP contribution is -2.25. The molecule has 3 heterocycles. The third kappa shape index (κ3) is 3.00. The van der Waals surface area contributed by atoms with Gasteiger partial charge in [0.05, 0.1) is 24.1 Å². The van der Waals surface area contributed by atoms with Gasteiger partial charge in [-0.15, -0.1) is 0 Å². The maximum absolute atomic E-state index is 13.6. The van der Waals surface area contributed by atoms with Gasteiger partial charge in [0.25, 0.3) is 5.56 Å². The Hall–Kier alpha value is -3.71. The Kier molecular flexibility index (Phi) is 4.16. The van der Waals surface area contributed by atoms with Gasteiger partial charge in [-0.3, -0.25) is 9.36 Å². The Morgan fingerprint density at radius 1 is 1.13 bits per heavy atom. The number of aromatic amines is 1. The maximum atomic E-state index is 13.6. The van der Waals surface area contributed by atoms with Crippen LogP contribution < -0.4 is 10.9 Å². The molecule has 0 aliphatic rings. The monoisotopic (exact) mass is 417 g/mol. The standard InChI is InChI=1S/C22H17ClN6O/c1-13(28-21-19-20(25-11-24-19)26-12-27-21)17-10-14-6-5-9-16(23)18(14)22(30)29(17)15-7-3-2-4-8-15/h2-13H,1H3,(H2,24,25,26,27,28)/t13-/m0/s1/i10D. The number of H-pyrrole nitrogens is 1. The summed E-state index contributed by atoms with van der Waals surface area (Å²) < 4.78 is 10.5. The van der Waals surface area contributed by atoms with E-state index >= 15 is 0 Å². The molecule has 2 N–H and O–H groups in total. The molecule has 2 aromatic carbocycles. The zero-order valence-electron chi connectivity index (χ0n) is 16.9. The molecule has 0 saturated heterocycles. The number of fused-ring (bicyclic) bond motifs is 2. The summed E-state index contributed by atoms with van der Waals surface area (Å²) in [7, 11) is 0. The van der Waals surface area contributed by atoms with E-state index in [1.54, 1.807) is 29.1 Å². The Balaban J connectivity index is 1.76. The number of halogens is 1. The zero-order chi connectivity index (χ0) is 21.5. The van der Waals surface area contributed by atoms with Crippen LogP contribution in [0.4, 0.5) is 5.82 Å². The number of nitrogens with one attached hydrogen (secondary N) is 2. The van der Waals surface area contributed by atoms with E-state index in [1.165, 1.54) is 6.33 Å². The van der Waals surface area contributed by atoms with Crippen molar-refractivity contribution in [3.05, 3.63) is 88.3 Å². The molecule has 0 unspecified atom stereocenters. The van der Waals surface area contributed by atoms with Crippen LogP contribution in [-0.4, -0.2) is 24.5 Å². The number of aromatic nitrogens is 5. The van der Waals surface area contributed by atoms with Crippen LogP contribution in [0.2, 0.25) is 5.02 Å². The van der Waals surface area contributed by atoms with E-state index in [9.17, 15) is 4.79 Å². The molecule has 0 aliphatic carbocycles. The largest absolute Gasteiger partial charge is 0.360 e. The fraction of sp³-hybridized carbons (Fsp3) is 0.0909. The SMILES string of the molecule is [2H]c1c([C@H](C)Nc2ncnc3nc[nH]c23)n(-c2ccccc2)c(=O)c2c(Cl)cccc12. The van der Waals surface area contributed by atoms with Crippen LogP contribution in [0, 0.1) is 0 Å². The summed E-state index contributed by atoms with van der Waals surface area (Å²) in [5.41, 5.74) is 2.05. The summed E-state index contributed by atoms with van der Waals surface area (Å²) in [6.07, 6.45) is 2.97. The highest BCUT2D eigenvalue weighted by atomic mass is 35.5. The average Bonchev–Trinajstić information content (AvgIpc) is 3.26. The van der Waals surface area contributed by atoms with Crippen molar-refractivity contribution in [3.8, 4) is 5.69 Å². The van der Waals surface area contributed by atoms with Gasteiger partial charge in [-0.1, -0.05) is 41.9 Å². The van der Waals surface area contributed by atoms with Crippen molar-refractivity contribution in [2.24, 2.45) is 0 Å². The molecule has 1 atom stereocenters. The van der Waals surface area contributed by atoms with E-state index in [-0.39, 0.29) is 11.6 Å². The van der Waals surface area contributed by atoms with Crippen molar-refractivity contribution < 1.29 is 1.37 Å². The Morgan fingerprint density at radius 3 is 2.80 bits per heavy atom. The first-order valence-electron chi connectivity index (χ1n) is 9.86. The molecular weight excluding hydrogens is 400 g/mol. The molecule has 0 saturated carbocycles. The van der Waals surface area contributed by atoms with Gasteiger partial charge in [-0.05, 0) is 36.6 Å². The Bertz CT molecular complexity index is 1480. The minimum Gasteiger partial charge on any atom is -0.360 e. The fourth-order valence-electron chi connectivity index (χ4n) is 3.54. The Labute approximate surface area is 177 Å². The van der Waals surface area contributed by atoms with Gasteiger partial charge in [0.15, 0.2) is 11.5 Å². The lowest BCUT2D eigenvalue weighted by molar-refractivity contribution is 0.774. The second kappa shape index (κ2) is 7.27. The number of para-hydroxylation sites is 1. The predicted octanol–water partition coefficient (Wildman–Crippen LogP) is 4.48. The lowest BCUT2D eigenvalue weighted by Gasteiger charge is -2.21. The maximum Gasteiger partial charge on any atom is 0.264 e. The fourth-order valence-corrected chi connectivity index (χ4v) is 3.80. The molecule has 0 spiro atoms. The van der Waals surface area contributed by atoms with Crippen molar-refractivity contribution in [1.29, 1.82) is 0 Å². The van der Waals surface area contributed by atoms with Crippen LogP contribution in [0.1, 0.15) is 20.0 Å². The number of nitrogens with zero attached hydrogens (tertiary/aromatic N) is 4. The van der Waals surface area contributed by atoms with Crippen LogP contribution in [0.15, 0.2) is 72.0 Å². The highest BCUT2D eigenvalue weighted by Crippen LogP contribution is 2.27. The van der Waals surface area contributed by atoms with Crippen LogP contribution in [0.3, 0.4) is 0 Å². The van der Waals surface area contributed by atoms with E-state index in [1.807, 2.05) is 37.3 Å². The van der Waals surface area contributed by atoms with Crippen LogP contribution >= 0.6 is 11.6 Å². The zero-order valence-corrected chi connectivity index (χ0v) is 16.7. The molecule has 0 amide bonds. The van der Waals surface area contributed by atoms with Gasteiger partial charge in [0.2, 0.25) is 0 Å². The molecular formula is C22H17ClN6O. The summed E-state index contributed by atoms with van der Waals surface area (Å²) in [5, 5.41) is 4.46. The number of rotatable bonds is 4. The minimum absolute atomic E-state index is 0.218. The summed E-state index contributed by atoms with van der Waals surface area (Å²) in [6, 6.07) is 14.2. The molecule has 8 heteroatoms. The first kappa shape index (κ1) is 17.2. The van der Waals surface area contributed by atoms with Crippen molar-refractivity contribution in [3.63, 3.8) is 0 Å². The summed E-state index contributed by atoms with van der Waals surface area (Å²) in [6.45, 7) is 1.88. The summed E-state index contributed by atoms with van der Waals surface area (Å²) in [4.78, 5) is 29.2. The topological polar surface area (TPSA) is 88.5 Å². The molecule has 0 radical (unpaired) electrons. The van der Waals surface area contributed by atoms with E-state index < -0.39 is 6.04 Å². The summed E-state index contributed by atoms with van der Waals surface area (Å²) >= 11 is 6.37. The highest BCUT2D eigenvalue weighted by Gasteiger charge is 2.19. The number of benzene rings is 2. The Morgan fingerprint density at radius 2 is 1.97 bits per heavy atom. The van der Waals surface area contributed by atoms with E-state index in [0.29, 0.717) is 44.2 Å². The third-order valence-electron chi connectivity index (χ3n) is 4.93. The van der Waals surface area contributed by atoms with Gasteiger partial charge in [0, 0.05) is 11.4 Å².